The molecular weight excluding hydrogens is 526 g/mol. The highest BCUT2D eigenvalue weighted by Gasteiger charge is 2.44. The fourth-order valence-corrected chi connectivity index (χ4v) is 5.91. The van der Waals surface area contributed by atoms with Gasteiger partial charge in [-0.05, 0) is 71.2 Å². The van der Waals surface area contributed by atoms with E-state index in [2.05, 4.69) is 16.0 Å². The van der Waals surface area contributed by atoms with Crippen molar-refractivity contribution in [3.63, 3.8) is 0 Å². The number of hydrogen-bond donors (Lipinski definition) is 3. The summed E-state index contributed by atoms with van der Waals surface area (Å²) < 4.78 is 5.35. The Morgan fingerprint density at radius 2 is 1.80 bits per heavy atom. The van der Waals surface area contributed by atoms with Gasteiger partial charge in [-0.3, -0.25) is 19.2 Å². The van der Waals surface area contributed by atoms with Crippen LogP contribution in [0.4, 0.5) is 0 Å². The largest absolute Gasteiger partial charge is 0.461 e. The van der Waals surface area contributed by atoms with Crippen LogP contribution in [0.25, 0.3) is 0 Å². The van der Waals surface area contributed by atoms with Gasteiger partial charge in [-0.1, -0.05) is 25.0 Å². The van der Waals surface area contributed by atoms with Crippen LogP contribution in [-0.4, -0.2) is 89.3 Å². The average molecular weight is 570 g/mol. The Labute approximate surface area is 241 Å². The first-order chi connectivity index (χ1) is 19.6. The molecule has 4 rings (SSSR count). The van der Waals surface area contributed by atoms with Crippen LogP contribution < -0.4 is 16.0 Å². The van der Waals surface area contributed by atoms with Crippen LogP contribution in [0.15, 0.2) is 24.3 Å². The van der Waals surface area contributed by atoms with E-state index in [1.165, 1.54) is 4.90 Å². The normalized spacial score (nSPS) is 27.6. The van der Waals surface area contributed by atoms with Crippen molar-refractivity contribution >= 4 is 29.6 Å². The number of benzene rings is 1. The zero-order valence-corrected chi connectivity index (χ0v) is 24.5. The highest BCUT2D eigenvalue weighted by molar-refractivity contribution is 5.97. The van der Waals surface area contributed by atoms with Gasteiger partial charge in [0.05, 0.1) is 6.04 Å². The molecule has 3 N–H and O–H groups in total. The Bertz CT molecular complexity index is 1160. The van der Waals surface area contributed by atoms with E-state index >= 15 is 0 Å². The van der Waals surface area contributed by atoms with Gasteiger partial charge in [-0.2, -0.15) is 0 Å². The van der Waals surface area contributed by atoms with Gasteiger partial charge in [0.2, 0.25) is 17.7 Å². The molecule has 4 amide bonds. The molecule has 3 saturated heterocycles. The van der Waals surface area contributed by atoms with Crippen molar-refractivity contribution in [2.75, 3.05) is 13.6 Å². The van der Waals surface area contributed by atoms with Gasteiger partial charge in [0.1, 0.15) is 24.2 Å². The van der Waals surface area contributed by atoms with Crippen LogP contribution in [0, 0.1) is 0 Å². The number of hydrogen-bond acceptors (Lipinski definition) is 7. The molecule has 0 aliphatic carbocycles. The van der Waals surface area contributed by atoms with E-state index in [4.69, 9.17) is 4.74 Å². The van der Waals surface area contributed by atoms with Crippen LogP contribution in [0.1, 0.15) is 81.6 Å². The molecule has 3 aliphatic heterocycles. The molecule has 1 aromatic rings. The van der Waals surface area contributed by atoms with E-state index in [1.807, 2.05) is 13.0 Å². The second kappa shape index (κ2) is 13.5. The summed E-state index contributed by atoms with van der Waals surface area (Å²) in [4.78, 5) is 68.3. The van der Waals surface area contributed by atoms with Crippen molar-refractivity contribution in [2.45, 2.75) is 109 Å². The predicted molar refractivity (Wildman–Crippen MR) is 152 cm³/mol. The zero-order valence-electron chi connectivity index (χ0n) is 24.5. The van der Waals surface area contributed by atoms with Crippen LogP contribution in [0.5, 0.6) is 0 Å². The first-order valence-corrected chi connectivity index (χ1v) is 14.8. The lowest BCUT2D eigenvalue weighted by Crippen LogP contribution is -2.57. The fraction of sp³-hybridized carbons (Fsp3) is 0.633. The Morgan fingerprint density at radius 3 is 2.56 bits per heavy atom. The third kappa shape index (κ3) is 7.06. The monoisotopic (exact) mass is 569 g/mol. The smallest absolute Gasteiger partial charge is 0.328 e. The number of nitrogens with one attached hydrogen (secondary N) is 3. The maximum Gasteiger partial charge on any atom is 0.328 e. The number of cyclic esters (lactones) is 1. The number of nitrogens with zero attached hydrogens (tertiary/aromatic N) is 2. The van der Waals surface area contributed by atoms with Crippen molar-refractivity contribution in [1.29, 1.82) is 0 Å². The van der Waals surface area contributed by atoms with Crippen molar-refractivity contribution in [2.24, 2.45) is 0 Å². The summed E-state index contributed by atoms with van der Waals surface area (Å²) in [6, 6.07) is 4.61. The number of carbonyl (C=O) groups is 5. The first-order valence-electron chi connectivity index (χ1n) is 14.8. The molecule has 41 heavy (non-hydrogen) atoms. The van der Waals surface area contributed by atoms with Crippen molar-refractivity contribution in [3.8, 4) is 0 Å². The number of likely N-dealkylation sites (N-methyl/N-ethyl adjacent to an activating group) is 1. The summed E-state index contributed by atoms with van der Waals surface area (Å²) in [6.07, 6.45) is 4.80. The van der Waals surface area contributed by atoms with Crippen molar-refractivity contribution in [1.82, 2.24) is 25.8 Å². The van der Waals surface area contributed by atoms with Gasteiger partial charge in [-0.15, -0.1) is 0 Å². The van der Waals surface area contributed by atoms with Gasteiger partial charge in [0.25, 0.3) is 5.91 Å². The fourth-order valence-electron chi connectivity index (χ4n) is 5.91. The minimum absolute atomic E-state index is 0.0225. The first kappa shape index (κ1) is 30.5. The highest BCUT2D eigenvalue weighted by atomic mass is 16.5. The second-order valence-corrected chi connectivity index (χ2v) is 11.5. The topological polar surface area (TPSA) is 137 Å². The van der Waals surface area contributed by atoms with Crippen molar-refractivity contribution in [3.05, 3.63) is 35.4 Å². The lowest BCUT2D eigenvalue weighted by atomic mass is 9.98. The molecule has 3 heterocycles. The van der Waals surface area contributed by atoms with Crippen LogP contribution in [0.2, 0.25) is 0 Å². The Morgan fingerprint density at radius 1 is 1.05 bits per heavy atom. The molecule has 0 spiro atoms. The highest BCUT2D eigenvalue weighted by Crippen LogP contribution is 2.31. The molecule has 11 nitrogen and oxygen atoms in total. The lowest BCUT2D eigenvalue weighted by Gasteiger charge is -2.35. The average Bonchev–Trinajstić information content (AvgIpc) is 3.33. The molecule has 3 fully saturated rings. The maximum atomic E-state index is 13.6. The van der Waals surface area contributed by atoms with E-state index < -0.39 is 30.1 Å². The summed E-state index contributed by atoms with van der Waals surface area (Å²) in [5, 5.41) is 8.74. The maximum absolute atomic E-state index is 13.6. The number of ether oxygens (including phenoxy) is 1. The summed E-state index contributed by atoms with van der Waals surface area (Å²) in [5.41, 5.74) is 1.17. The molecule has 0 saturated carbocycles. The lowest BCUT2D eigenvalue weighted by molar-refractivity contribution is -0.150. The Hall–Kier alpha value is -3.47. The summed E-state index contributed by atoms with van der Waals surface area (Å²) >= 11 is 0. The second-order valence-electron chi connectivity index (χ2n) is 11.5. The van der Waals surface area contributed by atoms with E-state index in [0.29, 0.717) is 31.4 Å². The van der Waals surface area contributed by atoms with Crippen LogP contribution in [0.3, 0.4) is 0 Å². The van der Waals surface area contributed by atoms with E-state index in [9.17, 15) is 24.0 Å². The molecule has 1 unspecified atom stereocenters. The van der Waals surface area contributed by atoms with Gasteiger partial charge < -0.3 is 30.5 Å². The van der Waals surface area contributed by atoms with E-state index in [0.717, 1.165) is 31.2 Å². The molecule has 11 heteroatoms. The quantitative estimate of drug-likeness (QED) is 0.423. The molecule has 1 aromatic carbocycles. The van der Waals surface area contributed by atoms with Crippen LogP contribution >= 0.6 is 0 Å². The number of esters is 1. The van der Waals surface area contributed by atoms with Crippen LogP contribution in [-0.2, 0) is 30.5 Å². The molecule has 3 aliphatic rings. The number of fused-ring (bicyclic) bond motifs is 1. The molecule has 6 atom stereocenters. The molecule has 0 radical (unpaired) electrons. The standard InChI is InChI=1S/C30H43N5O6/c1-18-14-15-34(20(3)30(40)41-18)28(38)22-9-7-8-21(16-22)17-32-27(37)25-13-12-23-10-5-6-11-24(29(39)35(23)25)33-26(36)19(2)31-4/h7-9,16,18-20,23-25,31H,5-6,10-15,17H2,1-4H3,(H,32,37)(H,33,36)/t18?,19-,20-,23-,24-,25-/m0/s1. The molecule has 0 bridgehead atoms. The van der Waals surface area contributed by atoms with Gasteiger partial charge in [-0.25, -0.2) is 4.79 Å². The molecular formula is C30H43N5O6. The van der Waals surface area contributed by atoms with Gasteiger partial charge >= 0.3 is 5.97 Å². The summed E-state index contributed by atoms with van der Waals surface area (Å²) in [5.74, 6) is -1.36. The van der Waals surface area contributed by atoms with E-state index in [-0.39, 0.29) is 42.3 Å². The SMILES string of the molecule is CN[C@@H](C)C(=O)N[C@H]1CCCC[C@H]2CC[C@@H](C(=O)NCc3cccc(C(=O)N4CCC(C)OC(=O)[C@@H]4C)c3)N2C1=O. The summed E-state index contributed by atoms with van der Waals surface area (Å²) in [7, 11) is 1.69. The number of rotatable bonds is 7. The number of carbonyl (C=O) groups excluding carboxylic acids is 5. The van der Waals surface area contributed by atoms with E-state index in [1.54, 1.807) is 44.0 Å². The summed E-state index contributed by atoms with van der Waals surface area (Å²) in [6.45, 7) is 5.83. The van der Waals surface area contributed by atoms with Crippen molar-refractivity contribution < 1.29 is 28.7 Å². The minimum Gasteiger partial charge on any atom is -0.461 e. The third-order valence-electron chi connectivity index (χ3n) is 8.58. The third-order valence-corrected chi connectivity index (χ3v) is 8.58. The zero-order chi connectivity index (χ0) is 29.7. The minimum atomic E-state index is -0.684. The molecule has 0 aromatic heterocycles. The predicted octanol–water partition coefficient (Wildman–Crippen LogP) is 1.50. The Balaban J connectivity index is 1.41. The van der Waals surface area contributed by atoms with Gasteiger partial charge in [0.15, 0.2) is 0 Å². The molecule has 224 valence electrons. The van der Waals surface area contributed by atoms with Gasteiger partial charge in [0, 0.05) is 31.1 Å². The number of amides is 4. The Kier molecular flexibility index (Phi) is 10.0.